The van der Waals surface area contributed by atoms with E-state index < -0.39 is 90.9 Å². The number of nitrogens with zero attached hydrogens (tertiary/aromatic N) is 2. The summed E-state index contributed by atoms with van der Waals surface area (Å²) in [5.41, 5.74) is 0. The van der Waals surface area contributed by atoms with Gasteiger partial charge < -0.3 is 20.0 Å². The fourth-order valence-electron chi connectivity index (χ4n) is 5.84. The highest BCUT2D eigenvalue weighted by Gasteiger charge is 2.95. The minimum absolute atomic E-state index is 0.0121. The Kier molecular flexibility index (Phi) is 11.7. The first-order chi connectivity index (χ1) is 21.4. The van der Waals surface area contributed by atoms with Crippen LogP contribution >= 0.6 is 0 Å². The number of halogens is 17. The highest BCUT2D eigenvalue weighted by molar-refractivity contribution is 5.67. The average molecular weight is 744 g/mol. The second-order valence-corrected chi connectivity index (χ2v) is 11.7. The van der Waals surface area contributed by atoms with Gasteiger partial charge in [-0.2, -0.15) is 74.6 Å². The van der Waals surface area contributed by atoms with Gasteiger partial charge >= 0.3 is 59.8 Å². The summed E-state index contributed by atoms with van der Waals surface area (Å²) in [5, 5.41) is 19.5. The van der Waals surface area contributed by atoms with Crippen molar-refractivity contribution in [2.75, 3.05) is 6.54 Å². The lowest BCUT2D eigenvalue weighted by atomic mass is 9.86. The molecule has 6 nitrogen and oxygen atoms in total. The molecule has 2 saturated carbocycles. The van der Waals surface area contributed by atoms with Gasteiger partial charge in [0, 0.05) is 25.0 Å². The van der Waals surface area contributed by atoms with Crippen molar-refractivity contribution in [2.45, 2.75) is 136 Å². The van der Waals surface area contributed by atoms with Crippen molar-refractivity contribution in [1.82, 2.24) is 9.80 Å². The Hall–Kier alpha value is -2.65. The molecule has 23 heteroatoms. The van der Waals surface area contributed by atoms with E-state index in [1.165, 1.54) is 0 Å². The molecule has 2 fully saturated rings. The van der Waals surface area contributed by atoms with E-state index in [9.17, 15) is 85.7 Å². The summed E-state index contributed by atoms with van der Waals surface area (Å²) < 4.78 is 236. The molecule has 282 valence electrons. The van der Waals surface area contributed by atoms with Crippen LogP contribution in [0.5, 0.6) is 0 Å². The van der Waals surface area contributed by atoms with Crippen LogP contribution in [-0.2, 0) is 0 Å². The molecule has 2 N–H and O–H groups in total. The second kappa shape index (κ2) is 13.6. The van der Waals surface area contributed by atoms with Crippen LogP contribution in [0.1, 0.15) is 70.6 Å². The Morgan fingerprint density at radius 3 is 1.23 bits per heavy atom. The van der Waals surface area contributed by atoms with Crippen LogP contribution in [0.25, 0.3) is 0 Å². The van der Waals surface area contributed by atoms with E-state index in [1.807, 2.05) is 0 Å². The quantitative estimate of drug-likeness (QED) is 0.184. The molecular weight excluding hydrogens is 715 g/mol. The van der Waals surface area contributed by atoms with Crippen LogP contribution < -0.4 is 0 Å². The first-order valence-corrected chi connectivity index (χ1v) is 14.2. The van der Waals surface area contributed by atoms with Gasteiger partial charge in [-0.25, -0.2) is 9.59 Å². The predicted octanol–water partition coefficient (Wildman–Crippen LogP) is 9.38. The van der Waals surface area contributed by atoms with Crippen LogP contribution in [-0.4, -0.2) is 105 Å². The Morgan fingerprint density at radius 1 is 0.521 bits per heavy atom. The Labute approximate surface area is 260 Å². The first-order valence-electron chi connectivity index (χ1n) is 14.2. The van der Waals surface area contributed by atoms with Gasteiger partial charge in [-0.1, -0.05) is 38.5 Å². The zero-order chi connectivity index (χ0) is 37.5. The zero-order valence-corrected chi connectivity index (χ0v) is 24.2. The molecular formula is C25H29F17N2O4. The van der Waals surface area contributed by atoms with Crippen LogP contribution in [0.4, 0.5) is 84.2 Å². The Morgan fingerprint density at radius 2 is 0.875 bits per heavy atom. The summed E-state index contributed by atoms with van der Waals surface area (Å²) >= 11 is 0. The Balaban J connectivity index is 2.66. The van der Waals surface area contributed by atoms with E-state index in [1.54, 1.807) is 0 Å². The number of carbonyl (C=O) groups is 2. The van der Waals surface area contributed by atoms with E-state index in [4.69, 9.17) is 0 Å². The van der Waals surface area contributed by atoms with Crippen LogP contribution in [0.2, 0.25) is 0 Å². The van der Waals surface area contributed by atoms with Gasteiger partial charge in [-0.15, -0.1) is 0 Å². The third-order valence-corrected chi connectivity index (χ3v) is 8.53. The second-order valence-electron chi connectivity index (χ2n) is 11.7. The van der Waals surface area contributed by atoms with Crippen molar-refractivity contribution in [3.63, 3.8) is 0 Å². The summed E-state index contributed by atoms with van der Waals surface area (Å²) in [6.07, 6.45) is -13.5. The van der Waals surface area contributed by atoms with Gasteiger partial charge in [0.05, 0.1) is 6.04 Å². The van der Waals surface area contributed by atoms with Gasteiger partial charge in [0.1, 0.15) is 0 Å². The maximum atomic E-state index is 15.2. The first kappa shape index (κ1) is 41.5. The lowest BCUT2D eigenvalue weighted by Gasteiger charge is -2.45. The van der Waals surface area contributed by atoms with Crippen molar-refractivity contribution in [2.24, 2.45) is 0 Å². The largest absolute Gasteiger partial charge is 0.465 e. The molecule has 0 aliphatic heterocycles. The summed E-state index contributed by atoms with van der Waals surface area (Å²) in [7, 11) is 0. The van der Waals surface area contributed by atoms with Crippen LogP contribution in [0, 0.1) is 0 Å². The van der Waals surface area contributed by atoms with Crippen LogP contribution in [0.3, 0.4) is 0 Å². The lowest BCUT2D eigenvalue weighted by molar-refractivity contribution is -0.462. The minimum Gasteiger partial charge on any atom is -0.465 e. The molecule has 0 spiro atoms. The number of carboxylic acid groups (broad SMARTS) is 2. The number of rotatable bonds is 13. The summed E-state index contributed by atoms with van der Waals surface area (Å²) in [6.45, 7) is -1.50. The molecule has 0 saturated heterocycles. The summed E-state index contributed by atoms with van der Waals surface area (Å²) in [4.78, 5) is 24.5. The van der Waals surface area contributed by atoms with Crippen molar-refractivity contribution < 1.29 is 94.4 Å². The van der Waals surface area contributed by atoms with Crippen molar-refractivity contribution in [1.29, 1.82) is 0 Å². The number of hydrogen-bond donors (Lipinski definition) is 2. The number of amides is 2. The third-order valence-electron chi connectivity index (χ3n) is 8.53. The molecule has 2 rings (SSSR count). The number of alkyl halides is 17. The van der Waals surface area contributed by atoms with E-state index in [0.717, 1.165) is 0 Å². The molecule has 48 heavy (non-hydrogen) atoms. The fourth-order valence-corrected chi connectivity index (χ4v) is 5.84. The third kappa shape index (κ3) is 7.01. The molecule has 2 aliphatic carbocycles. The molecule has 1 atom stereocenters. The maximum Gasteiger partial charge on any atom is 0.460 e. The van der Waals surface area contributed by atoms with E-state index in [2.05, 4.69) is 0 Å². The van der Waals surface area contributed by atoms with Gasteiger partial charge in [-0.3, -0.25) is 0 Å². The molecule has 0 aromatic rings. The Bertz CT molecular complexity index is 1140. The topological polar surface area (TPSA) is 81.1 Å². The van der Waals surface area contributed by atoms with E-state index in [-0.39, 0.29) is 43.4 Å². The smallest absolute Gasteiger partial charge is 0.460 e. The van der Waals surface area contributed by atoms with Gasteiger partial charge in [0.2, 0.25) is 0 Å². The van der Waals surface area contributed by atoms with Gasteiger partial charge in [0.25, 0.3) is 0 Å². The fraction of sp³-hybridized carbons (Fsp3) is 0.920. The summed E-state index contributed by atoms with van der Waals surface area (Å²) in [6, 6.07) is -5.30. The standard InChI is InChI=1S/C25H29F17N2O4/c26-18(27,19(28,29)20(30,31)21(32,33)22(34,35)23(36,37)24(38,39)25(40,41)42)11-15(44(17(47)48)14-9-5-2-6-10-14)12-43(16(45)46)13-7-3-1-4-8-13/h13-15H,1-12H2,(H,45,46)(H,47,48). The molecule has 2 amide bonds. The van der Waals surface area contributed by atoms with E-state index in [0.29, 0.717) is 30.6 Å². The minimum atomic E-state index is -8.79. The predicted molar refractivity (Wildman–Crippen MR) is 127 cm³/mol. The summed E-state index contributed by atoms with van der Waals surface area (Å²) in [5.74, 6) is -57.9. The molecule has 2 aliphatic rings. The SMILES string of the molecule is O=C(O)N(CC(CC(F)(F)C(F)(F)C(F)(F)C(F)(F)C(F)(F)C(F)(F)C(F)(F)C(F)(F)F)N(C(=O)O)C1CCCCC1)C1CCCCC1. The normalized spacial score (nSPS) is 19.6. The molecule has 1 unspecified atom stereocenters. The van der Waals surface area contributed by atoms with Gasteiger partial charge in [0.15, 0.2) is 0 Å². The van der Waals surface area contributed by atoms with Crippen molar-refractivity contribution in [3.05, 3.63) is 0 Å². The molecule has 0 aromatic heterocycles. The van der Waals surface area contributed by atoms with E-state index >= 15 is 8.78 Å². The maximum absolute atomic E-state index is 15.2. The van der Waals surface area contributed by atoms with Crippen molar-refractivity contribution >= 4 is 12.2 Å². The molecule has 0 aromatic carbocycles. The molecule has 0 bridgehead atoms. The number of hydrogen-bond acceptors (Lipinski definition) is 2. The lowest BCUT2D eigenvalue weighted by Crippen LogP contribution is -2.74. The van der Waals surface area contributed by atoms with Gasteiger partial charge in [-0.05, 0) is 25.7 Å². The highest BCUT2D eigenvalue weighted by atomic mass is 19.4. The van der Waals surface area contributed by atoms with Crippen molar-refractivity contribution in [3.8, 4) is 0 Å². The van der Waals surface area contributed by atoms with Crippen LogP contribution in [0.15, 0.2) is 0 Å². The molecule has 0 heterocycles. The molecule has 0 radical (unpaired) electrons. The zero-order valence-electron chi connectivity index (χ0n) is 24.2. The monoisotopic (exact) mass is 744 g/mol. The average Bonchev–Trinajstić information content (AvgIpc) is 2.95. The highest BCUT2D eigenvalue weighted by Crippen LogP contribution is 2.64.